The van der Waals surface area contributed by atoms with Crippen molar-refractivity contribution in [3.8, 4) is 56.6 Å². The summed E-state index contributed by atoms with van der Waals surface area (Å²) in [4.78, 5) is 0. The Kier molecular flexibility index (Phi) is 16.1. The van der Waals surface area contributed by atoms with Gasteiger partial charge in [-0.05, 0) is 147 Å². The van der Waals surface area contributed by atoms with Crippen LogP contribution in [0.1, 0.15) is 171 Å². The first-order chi connectivity index (χ1) is 40.8. The van der Waals surface area contributed by atoms with E-state index in [1.807, 2.05) is 18.2 Å². The van der Waals surface area contributed by atoms with Crippen LogP contribution in [0.3, 0.4) is 0 Å². The highest BCUT2D eigenvalue weighted by Gasteiger charge is 2.33. The van der Waals surface area contributed by atoms with Crippen molar-refractivity contribution < 1.29 is 32.1 Å². The molecule has 0 saturated heterocycles. The second-order valence-corrected chi connectivity index (χ2v) is 30.6. The molecule has 10 aromatic rings. The molecule has 0 aliphatic rings. The molecule has 2 N–H and O–H groups in total. The van der Waals surface area contributed by atoms with E-state index in [-0.39, 0.29) is 74.7 Å². The molecule has 2 heterocycles. The van der Waals surface area contributed by atoms with Gasteiger partial charge in [-0.15, -0.1) is 0 Å². The quantitative estimate of drug-likeness (QED) is 0.0946. The molecule has 0 saturated carbocycles. The monoisotopic (exact) mass is 1210 g/mol. The van der Waals surface area contributed by atoms with Crippen molar-refractivity contribution in [3.63, 3.8) is 0 Å². The van der Waals surface area contributed by atoms with Crippen LogP contribution in [0.2, 0.25) is 5.02 Å². The average molecular weight is 1210 g/mol. The van der Waals surface area contributed by atoms with Gasteiger partial charge in [0.05, 0.1) is 44.6 Å². The van der Waals surface area contributed by atoms with Crippen LogP contribution in [0, 0.1) is 31.7 Å². The Hall–Kier alpha value is -7.36. The fourth-order valence-electron chi connectivity index (χ4n) is 12.2. The van der Waals surface area contributed by atoms with E-state index in [9.17, 15) is 10.2 Å². The van der Waals surface area contributed by atoms with Gasteiger partial charge in [0, 0.05) is 44.8 Å². The Morgan fingerprint density at radius 2 is 0.739 bits per heavy atom. The number of rotatable bonds is 12. The predicted molar refractivity (Wildman–Crippen MR) is 364 cm³/mol. The molecule has 10 rings (SSSR count). The van der Waals surface area contributed by atoms with Gasteiger partial charge in [0.15, 0.2) is 13.2 Å². The van der Waals surface area contributed by atoms with Gasteiger partial charge in [-0.1, -0.05) is 185 Å². The van der Waals surface area contributed by atoms with E-state index < -0.39 is 28.3 Å². The van der Waals surface area contributed by atoms with E-state index >= 15 is 13.2 Å². The highest BCUT2D eigenvalue weighted by molar-refractivity contribution is 6.32. The zero-order valence-corrected chi connectivity index (χ0v) is 55.7. The SMILES string of the molecule is [CH2-][O+](CCC[O+]([CH2-])c1c(Cl)cc(F)cc1-c1cc(C(C)(C)CC)cc(-n2c3cc(C(C)(C)C)ccc3c3ccc(C(C)(C)C)cc32)c1O)c1c(F)cc(F)cc1-c1cc(C(C)(C)C)cc(-n2c3cc(C(C)(C)C)ccc3c3ccc(C(C)(C)C)cc32)c1O. The van der Waals surface area contributed by atoms with Crippen molar-refractivity contribution in [2.24, 2.45) is 0 Å². The van der Waals surface area contributed by atoms with Crippen LogP contribution in [0.15, 0.2) is 121 Å². The lowest BCUT2D eigenvalue weighted by Gasteiger charge is -2.34. The number of hydrogen-bond acceptors (Lipinski definition) is 2. The van der Waals surface area contributed by atoms with Crippen LogP contribution in [-0.2, 0) is 41.2 Å². The highest BCUT2D eigenvalue weighted by Crippen LogP contribution is 2.52. The molecule has 0 fully saturated rings. The van der Waals surface area contributed by atoms with E-state index in [1.165, 1.54) is 18.2 Å². The average Bonchev–Trinajstić information content (AvgIpc) is 1.61. The minimum Gasteiger partial charge on any atom is -0.710 e. The van der Waals surface area contributed by atoms with E-state index in [0.29, 0.717) is 28.3 Å². The van der Waals surface area contributed by atoms with E-state index in [2.05, 4.69) is 236 Å². The summed E-state index contributed by atoms with van der Waals surface area (Å²) in [7, 11) is 8.67. The molecule has 0 amide bonds. The molecule has 2 aromatic heterocycles. The molecule has 0 aliphatic carbocycles. The number of benzene rings is 8. The fraction of sp³-hybridized carbons (Fsp3) is 0.359. The van der Waals surface area contributed by atoms with Gasteiger partial charge >= 0.3 is 0 Å². The van der Waals surface area contributed by atoms with Crippen molar-refractivity contribution >= 4 is 55.2 Å². The predicted octanol–water partition coefficient (Wildman–Crippen LogP) is 23.1. The summed E-state index contributed by atoms with van der Waals surface area (Å²) >= 11 is 7.13. The second-order valence-electron chi connectivity index (χ2n) is 30.1. The molecule has 0 atom stereocenters. The molecule has 0 unspecified atom stereocenters. The molecule has 0 spiro atoms. The first-order valence-electron chi connectivity index (χ1n) is 30.7. The number of phenols is 2. The Labute approximate surface area is 524 Å². The smallest absolute Gasteiger partial charge is 0.271 e. The normalized spacial score (nSPS) is 13.0. The van der Waals surface area contributed by atoms with Crippen LogP contribution in [0.25, 0.3) is 77.2 Å². The molecular weight excluding hydrogens is 1120 g/mol. The largest absolute Gasteiger partial charge is 0.710 e. The number of phenolic OH excluding ortho intramolecular Hbond substituents is 2. The van der Waals surface area contributed by atoms with Crippen molar-refractivity contribution in [1.29, 1.82) is 0 Å². The number of fused-ring (bicyclic) bond motifs is 6. The summed E-state index contributed by atoms with van der Waals surface area (Å²) in [6.45, 7) is 39.0. The molecule has 0 radical (unpaired) electrons. The molecule has 88 heavy (non-hydrogen) atoms. The zero-order valence-electron chi connectivity index (χ0n) is 54.9. The van der Waals surface area contributed by atoms with Crippen molar-refractivity contribution in [2.45, 2.75) is 170 Å². The molecule has 10 heteroatoms. The summed E-state index contributed by atoms with van der Waals surface area (Å²) in [5.41, 5.74) is 10.2. The minimum absolute atomic E-state index is 0.0315. The van der Waals surface area contributed by atoms with Crippen molar-refractivity contribution in [3.05, 3.63) is 191 Å². The van der Waals surface area contributed by atoms with E-state index in [4.69, 9.17) is 11.6 Å². The third-order valence-electron chi connectivity index (χ3n) is 18.1. The maximum atomic E-state index is 16.9. The molecule has 462 valence electrons. The van der Waals surface area contributed by atoms with Gasteiger partial charge < -0.3 is 28.1 Å². The maximum Gasteiger partial charge on any atom is 0.271 e. The van der Waals surface area contributed by atoms with Crippen LogP contribution in [0.5, 0.6) is 23.0 Å². The number of halogens is 4. The number of nitrogens with zero attached hydrogens (tertiary/aromatic N) is 2. The van der Waals surface area contributed by atoms with Gasteiger partial charge in [-0.25, -0.2) is 8.78 Å². The number of hydrogen-bond donors (Lipinski definition) is 2. The second kappa shape index (κ2) is 22.3. The Morgan fingerprint density at radius 1 is 0.409 bits per heavy atom. The van der Waals surface area contributed by atoms with Gasteiger partial charge in [-0.2, -0.15) is 4.39 Å². The van der Waals surface area contributed by atoms with Crippen LogP contribution < -0.4 is 0 Å². The summed E-state index contributed by atoms with van der Waals surface area (Å²) in [6.07, 6.45) is 1.00. The highest BCUT2D eigenvalue weighted by atomic mass is 35.5. The minimum atomic E-state index is -0.893. The van der Waals surface area contributed by atoms with Crippen molar-refractivity contribution in [1.82, 2.24) is 9.13 Å². The van der Waals surface area contributed by atoms with Crippen LogP contribution in [-0.4, -0.2) is 32.6 Å². The zero-order chi connectivity index (χ0) is 64.4. The lowest BCUT2D eigenvalue weighted by Crippen LogP contribution is -2.16. The Bertz CT molecular complexity index is 4250. The number of aromatic hydroxyl groups is 2. The molecule has 0 bridgehead atoms. The van der Waals surface area contributed by atoms with Gasteiger partial charge in [0.25, 0.3) is 11.5 Å². The third kappa shape index (κ3) is 11.7. The summed E-state index contributed by atoms with van der Waals surface area (Å²) < 4.78 is 58.6. The van der Waals surface area contributed by atoms with Crippen LogP contribution in [0.4, 0.5) is 13.2 Å². The fourth-order valence-corrected chi connectivity index (χ4v) is 12.5. The van der Waals surface area contributed by atoms with Gasteiger partial charge in [0.1, 0.15) is 34.6 Å². The molecular formula is C78H88ClF3N2O4. The summed E-state index contributed by atoms with van der Waals surface area (Å²) in [6, 6.07) is 38.5. The third-order valence-corrected chi connectivity index (χ3v) is 18.4. The lowest BCUT2D eigenvalue weighted by atomic mass is 9.80. The van der Waals surface area contributed by atoms with Crippen molar-refractivity contribution in [2.75, 3.05) is 13.2 Å². The van der Waals surface area contributed by atoms with Gasteiger partial charge in [-0.3, -0.25) is 0 Å². The standard InChI is InChI=1S/C78H88ClF3N2O4/c1-21-78(17,18)50-34-58(70(86)68(40-50)84-65-37-47(75(8,9)10)25-29-55(65)56-30-26-48(38-66(56)84)76(11,12)13)59-41-51(80)43-61(79)71(59)87(19)31-22-32-88(20)72-60(42-52(81)44-62(72)82)57-33-49(77(14,15)16)39-67(69(57)85)83-63-35-45(73(2,3)4)23-27-53(63)54-28-24-46(36-64(54)83)74(5,6)7/h23-30,33-44,85-86H,19-22,31-32H2,1-18H3. The Morgan fingerprint density at radius 3 is 1.10 bits per heavy atom. The molecule has 0 aliphatic heterocycles. The Balaban J connectivity index is 1.07. The van der Waals surface area contributed by atoms with E-state index in [0.717, 1.165) is 89.5 Å². The first kappa shape index (κ1) is 63.7. The molecule has 8 aromatic carbocycles. The maximum absolute atomic E-state index is 16.9. The first-order valence-corrected chi connectivity index (χ1v) is 31.1. The summed E-state index contributed by atoms with van der Waals surface area (Å²) in [5, 5.41) is 30.2. The van der Waals surface area contributed by atoms with Gasteiger partial charge in [0.2, 0.25) is 5.82 Å². The van der Waals surface area contributed by atoms with E-state index in [1.54, 1.807) is 0 Å². The molecule has 6 nitrogen and oxygen atoms in total. The van der Waals surface area contributed by atoms with Crippen LogP contribution >= 0.6 is 11.6 Å². The number of aromatic nitrogens is 2. The topological polar surface area (TPSA) is 55.7 Å². The summed E-state index contributed by atoms with van der Waals surface area (Å²) in [5.74, 6) is -2.36. The lowest BCUT2D eigenvalue weighted by molar-refractivity contribution is -0.0187.